The second-order valence-corrected chi connectivity index (χ2v) is 7.54. The summed E-state index contributed by atoms with van der Waals surface area (Å²) >= 11 is 9.58. The number of hydrogen-bond acceptors (Lipinski definition) is 2. The maximum Gasteiger partial charge on any atom is 0.433 e. The van der Waals surface area contributed by atoms with Gasteiger partial charge in [-0.2, -0.15) is 13.2 Å². The number of nitrogens with one attached hydrogen (secondary N) is 1. The van der Waals surface area contributed by atoms with Crippen LogP contribution in [0.1, 0.15) is 31.4 Å². The molecule has 3 rings (SSSR count). The number of halogens is 5. The lowest BCUT2D eigenvalue weighted by atomic mass is 9.95. The summed E-state index contributed by atoms with van der Waals surface area (Å²) < 4.78 is 39.2. The number of pyridine rings is 1. The van der Waals surface area contributed by atoms with Gasteiger partial charge in [0, 0.05) is 27.0 Å². The van der Waals surface area contributed by atoms with E-state index in [0.717, 1.165) is 31.7 Å². The molecule has 1 aromatic heterocycles. The third kappa shape index (κ3) is 3.91. The normalized spacial score (nSPS) is 22.3. The lowest BCUT2D eigenvalue weighted by Crippen LogP contribution is -2.26. The van der Waals surface area contributed by atoms with Crippen LogP contribution in [0.2, 0.25) is 5.02 Å². The zero-order valence-corrected chi connectivity index (χ0v) is 14.5. The molecule has 124 valence electrons. The average Bonchev–Trinajstić information content (AvgIpc) is 2.49. The van der Waals surface area contributed by atoms with E-state index in [1.807, 2.05) is 0 Å². The minimum Gasteiger partial charge on any atom is -0.382 e. The van der Waals surface area contributed by atoms with Crippen molar-refractivity contribution in [3.8, 4) is 0 Å². The van der Waals surface area contributed by atoms with Crippen LogP contribution in [0.3, 0.4) is 0 Å². The number of fused-ring (bicyclic) bond motifs is 1. The molecular formula is C16H15BrClF3N2. The molecule has 1 heterocycles. The van der Waals surface area contributed by atoms with E-state index in [-0.39, 0.29) is 6.04 Å². The predicted octanol–water partition coefficient (Wildman–Crippen LogP) is 6.03. The van der Waals surface area contributed by atoms with Gasteiger partial charge in [-0.05, 0) is 49.9 Å². The molecule has 0 unspecified atom stereocenters. The molecule has 1 aliphatic carbocycles. The van der Waals surface area contributed by atoms with Gasteiger partial charge >= 0.3 is 6.18 Å². The van der Waals surface area contributed by atoms with Gasteiger partial charge in [0.15, 0.2) is 0 Å². The fourth-order valence-electron chi connectivity index (χ4n) is 2.88. The van der Waals surface area contributed by atoms with Crippen LogP contribution in [-0.4, -0.2) is 15.9 Å². The summed E-state index contributed by atoms with van der Waals surface area (Å²) in [6.45, 7) is 0. The molecule has 0 amide bonds. The van der Waals surface area contributed by atoms with Crippen molar-refractivity contribution in [2.75, 3.05) is 5.32 Å². The van der Waals surface area contributed by atoms with Crippen molar-refractivity contribution in [2.24, 2.45) is 0 Å². The van der Waals surface area contributed by atoms with Gasteiger partial charge < -0.3 is 5.32 Å². The summed E-state index contributed by atoms with van der Waals surface area (Å²) in [6, 6.07) is 5.97. The first-order valence-corrected chi connectivity index (χ1v) is 8.70. The van der Waals surface area contributed by atoms with E-state index in [9.17, 15) is 13.2 Å². The van der Waals surface area contributed by atoms with Crippen LogP contribution in [0.25, 0.3) is 10.9 Å². The Balaban J connectivity index is 2.00. The topological polar surface area (TPSA) is 24.9 Å². The van der Waals surface area contributed by atoms with Crippen molar-refractivity contribution >= 4 is 44.1 Å². The number of aromatic nitrogens is 1. The van der Waals surface area contributed by atoms with Crippen LogP contribution in [0.15, 0.2) is 24.3 Å². The van der Waals surface area contributed by atoms with Gasteiger partial charge in [-0.15, -0.1) is 0 Å². The molecule has 1 fully saturated rings. The van der Waals surface area contributed by atoms with Crippen LogP contribution < -0.4 is 5.32 Å². The van der Waals surface area contributed by atoms with Crippen LogP contribution in [-0.2, 0) is 6.18 Å². The molecule has 0 bridgehead atoms. The highest BCUT2D eigenvalue weighted by molar-refractivity contribution is 9.09. The van der Waals surface area contributed by atoms with E-state index >= 15 is 0 Å². The lowest BCUT2D eigenvalue weighted by Gasteiger charge is -2.27. The largest absolute Gasteiger partial charge is 0.433 e. The third-order valence-electron chi connectivity index (χ3n) is 4.08. The van der Waals surface area contributed by atoms with Crippen LogP contribution >= 0.6 is 27.5 Å². The number of anilines is 1. The zero-order valence-electron chi connectivity index (χ0n) is 12.1. The van der Waals surface area contributed by atoms with Gasteiger partial charge in [-0.1, -0.05) is 27.5 Å². The Morgan fingerprint density at radius 2 is 1.83 bits per heavy atom. The molecule has 7 heteroatoms. The Kier molecular flexibility index (Phi) is 4.74. The third-order valence-corrected chi connectivity index (χ3v) is 5.23. The second-order valence-electron chi connectivity index (χ2n) is 5.81. The molecule has 1 aromatic carbocycles. The summed E-state index contributed by atoms with van der Waals surface area (Å²) in [4.78, 5) is 4.22. The van der Waals surface area contributed by atoms with Crippen molar-refractivity contribution < 1.29 is 13.2 Å². The minimum atomic E-state index is -4.47. The highest BCUT2D eigenvalue weighted by Gasteiger charge is 2.33. The molecule has 0 aliphatic heterocycles. The molecule has 0 spiro atoms. The summed E-state index contributed by atoms with van der Waals surface area (Å²) in [5.74, 6) is 0. The Bertz CT molecular complexity index is 712. The van der Waals surface area contributed by atoms with Crippen molar-refractivity contribution in [1.29, 1.82) is 0 Å². The molecule has 2 nitrogen and oxygen atoms in total. The highest BCUT2D eigenvalue weighted by Crippen LogP contribution is 2.35. The number of alkyl halides is 4. The predicted molar refractivity (Wildman–Crippen MR) is 90.3 cm³/mol. The summed E-state index contributed by atoms with van der Waals surface area (Å²) in [7, 11) is 0. The van der Waals surface area contributed by atoms with Crippen molar-refractivity contribution in [3.05, 3.63) is 35.0 Å². The molecule has 0 saturated heterocycles. The maximum absolute atomic E-state index is 13.1. The molecule has 0 atom stereocenters. The van der Waals surface area contributed by atoms with Crippen LogP contribution in [0.4, 0.5) is 18.9 Å². The smallest absolute Gasteiger partial charge is 0.382 e. The molecule has 2 aromatic rings. The lowest BCUT2D eigenvalue weighted by molar-refractivity contribution is -0.140. The number of benzene rings is 1. The van der Waals surface area contributed by atoms with Crippen molar-refractivity contribution in [2.45, 2.75) is 42.7 Å². The van der Waals surface area contributed by atoms with E-state index in [0.29, 0.717) is 26.4 Å². The molecule has 1 aliphatic rings. The number of rotatable bonds is 2. The SMILES string of the molecule is FC(F)(F)c1cc(N[C@H]2CC[C@@H](Br)CC2)c2cc(Cl)ccc2n1. The maximum atomic E-state index is 13.1. The van der Waals surface area contributed by atoms with E-state index in [2.05, 4.69) is 26.2 Å². The summed E-state index contributed by atoms with van der Waals surface area (Å²) in [6.07, 6.45) is -0.623. The Morgan fingerprint density at radius 3 is 2.48 bits per heavy atom. The first-order valence-electron chi connectivity index (χ1n) is 7.41. The average molecular weight is 408 g/mol. The number of nitrogens with zero attached hydrogens (tertiary/aromatic N) is 1. The van der Waals surface area contributed by atoms with Crippen LogP contribution in [0, 0.1) is 0 Å². The van der Waals surface area contributed by atoms with E-state index in [4.69, 9.17) is 11.6 Å². The zero-order chi connectivity index (χ0) is 16.6. The molecule has 23 heavy (non-hydrogen) atoms. The Labute approximate surface area is 145 Å². The van der Waals surface area contributed by atoms with Gasteiger partial charge in [-0.3, -0.25) is 0 Å². The van der Waals surface area contributed by atoms with Crippen LogP contribution in [0.5, 0.6) is 0 Å². The Morgan fingerprint density at radius 1 is 1.13 bits per heavy atom. The minimum absolute atomic E-state index is 0.162. The van der Waals surface area contributed by atoms with Gasteiger partial charge in [0.1, 0.15) is 5.69 Å². The first kappa shape index (κ1) is 16.8. The highest BCUT2D eigenvalue weighted by atomic mass is 79.9. The molecular weight excluding hydrogens is 393 g/mol. The molecule has 0 radical (unpaired) electrons. The fraction of sp³-hybridized carbons (Fsp3) is 0.438. The van der Waals surface area contributed by atoms with Gasteiger partial charge in [0.2, 0.25) is 0 Å². The van der Waals surface area contributed by atoms with Gasteiger partial charge in [0.05, 0.1) is 5.52 Å². The standard InChI is InChI=1S/C16H15BrClF3N2/c17-9-1-4-11(5-2-9)22-14-8-15(16(19,20)21)23-13-6-3-10(18)7-12(13)14/h3,6-9,11H,1-2,4-5H2,(H,22,23)/t9-,11+. The van der Waals surface area contributed by atoms with Crippen molar-refractivity contribution in [1.82, 2.24) is 4.98 Å². The molecule has 1 saturated carbocycles. The second kappa shape index (κ2) is 6.48. The van der Waals surface area contributed by atoms with E-state index in [1.165, 1.54) is 6.07 Å². The van der Waals surface area contributed by atoms with Crippen molar-refractivity contribution in [3.63, 3.8) is 0 Å². The Hall–Kier alpha value is -1.01. The fourth-order valence-corrected chi connectivity index (χ4v) is 3.58. The number of hydrogen-bond donors (Lipinski definition) is 1. The van der Waals surface area contributed by atoms with Gasteiger partial charge in [0.25, 0.3) is 0 Å². The first-order chi connectivity index (χ1) is 10.8. The quantitative estimate of drug-likeness (QED) is 0.615. The van der Waals surface area contributed by atoms with Gasteiger partial charge in [-0.25, -0.2) is 4.98 Å². The monoisotopic (exact) mass is 406 g/mol. The summed E-state index contributed by atoms with van der Waals surface area (Å²) in [5, 5.41) is 4.36. The van der Waals surface area contributed by atoms with E-state index < -0.39 is 11.9 Å². The summed E-state index contributed by atoms with van der Waals surface area (Å²) in [5.41, 5.74) is -0.146. The molecule has 1 N–H and O–H groups in total. The van der Waals surface area contributed by atoms with E-state index in [1.54, 1.807) is 12.1 Å².